The quantitative estimate of drug-likeness (QED) is 0.435. The molecule has 3 rings (SSSR count). The van der Waals surface area contributed by atoms with E-state index in [1.807, 2.05) is 11.8 Å². The molecule has 2 N–H and O–H groups in total. The van der Waals surface area contributed by atoms with Crippen LogP contribution in [-0.4, -0.2) is 42.2 Å². The third kappa shape index (κ3) is 4.17. The predicted molar refractivity (Wildman–Crippen MR) is 96.3 cm³/mol. The lowest BCUT2D eigenvalue weighted by Crippen LogP contribution is -2.42. The van der Waals surface area contributed by atoms with Gasteiger partial charge in [0.25, 0.3) is 0 Å². The van der Waals surface area contributed by atoms with Gasteiger partial charge in [0.1, 0.15) is 11.6 Å². The fourth-order valence-electron chi connectivity index (χ4n) is 2.43. The first-order valence-electron chi connectivity index (χ1n) is 6.88. The van der Waals surface area contributed by atoms with Gasteiger partial charge in [-0.3, -0.25) is 0 Å². The molecule has 5 nitrogen and oxygen atoms in total. The van der Waals surface area contributed by atoms with Gasteiger partial charge in [-0.2, -0.15) is 11.8 Å². The fraction of sp³-hybridized carbons (Fsp3) is 0.500. The number of rotatable bonds is 2. The number of benzene rings is 1. The summed E-state index contributed by atoms with van der Waals surface area (Å²) in [5, 5.41) is 0. The molecule has 0 bridgehead atoms. The molecular formula is C14H19FIN3O2S. The molecule has 122 valence electrons. The van der Waals surface area contributed by atoms with Crippen LogP contribution < -0.4 is 10.5 Å². The summed E-state index contributed by atoms with van der Waals surface area (Å²) in [6, 6.07) is 2.89. The van der Waals surface area contributed by atoms with Crippen LogP contribution in [0.4, 0.5) is 4.39 Å². The second-order valence-corrected chi connectivity index (χ2v) is 6.16. The molecule has 0 amide bonds. The summed E-state index contributed by atoms with van der Waals surface area (Å²) < 4.78 is 24.3. The zero-order valence-electron chi connectivity index (χ0n) is 12.1. The largest absolute Gasteiger partial charge is 0.467 e. The molecule has 0 unspecified atom stereocenters. The zero-order chi connectivity index (χ0) is 14.7. The molecule has 22 heavy (non-hydrogen) atoms. The summed E-state index contributed by atoms with van der Waals surface area (Å²) in [6.07, 6.45) is 0. The number of nitrogens with two attached hydrogens (primary N) is 1. The summed E-state index contributed by atoms with van der Waals surface area (Å²) in [4.78, 5) is 6.45. The summed E-state index contributed by atoms with van der Waals surface area (Å²) >= 11 is 1.92. The van der Waals surface area contributed by atoms with Gasteiger partial charge in [0, 0.05) is 35.7 Å². The van der Waals surface area contributed by atoms with Crippen molar-refractivity contribution in [1.29, 1.82) is 0 Å². The second-order valence-electron chi connectivity index (χ2n) is 4.94. The molecule has 0 atom stereocenters. The highest BCUT2D eigenvalue weighted by Crippen LogP contribution is 2.29. The normalized spacial score (nSPS) is 18.2. The Morgan fingerprint density at radius 3 is 2.91 bits per heavy atom. The number of fused-ring (bicyclic) bond motifs is 1. The van der Waals surface area contributed by atoms with E-state index in [4.69, 9.17) is 15.2 Å². The zero-order valence-corrected chi connectivity index (χ0v) is 15.2. The minimum atomic E-state index is -0.305. The summed E-state index contributed by atoms with van der Waals surface area (Å²) in [6.45, 7) is 2.68. The van der Waals surface area contributed by atoms with Crippen LogP contribution in [0.15, 0.2) is 17.1 Å². The van der Waals surface area contributed by atoms with Crippen molar-refractivity contribution in [3.8, 4) is 5.75 Å². The van der Waals surface area contributed by atoms with Gasteiger partial charge in [0.05, 0.1) is 13.2 Å². The van der Waals surface area contributed by atoms with Gasteiger partial charge in [-0.15, -0.1) is 24.0 Å². The molecule has 1 aromatic carbocycles. The standard InChI is InChI=1S/C14H18FN3O2S.HI/c15-12-5-10(13-11(6-12)8-19-9-20-13)7-17-14(16)18-1-3-21-4-2-18;/h5-6H,1-4,7-9H2,(H2,16,17);1H. The third-order valence-electron chi connectivity index (χ3n) is 3.50. The van der Waals surface area contributed by atoms with E-state index >= 15 is 0 Å². The minimum Gasteiger partial charge on any atom is -0.467 e. The van der Waals surface area contributed by atoms with Crippen LogP contribution in [0.5, 0.6) is 5.75 Å². The average molecular weight is 439 g/mol. The number of guanidine groups is 1. The first-order valence-corrected chi connectivity index (χ1v) is 8.04. The SMILES string of the molecule is I.NC(=NCc1cc(F)cc2c1OCOC2)N1CCSCC1. The van der Waals surface area contributed by atoms with Crippen LogP contribution in [0.3, 0.4) is 0 Å². The van der Waals surface area contributed by atoms with Gasteiger partial charge in [-0.25, -0.2) is 9.38 Å². The number of hydrogen-bond acceptors (Lipinski definition) is 4. The predicted octanol–water partition coefficient (Wildman–Crippen LogP) is 2.17. The highest BCUT2D eigenvalue weighted by molar-refractivity contribution is 14.0. The van der Waals surface area contributed by atoms with Crippen molar-refractivity contribution in [2.75, 3.05) is 31.4 Å². The number of hydrogen-bond donors (Lipinski definition) is 1. The number of aliphatic imine (C=N–C) groups is 1. The van der Waals surface area contributed by atoms with E-state index in [1.54, 1.807) is 0 Å². The maximum absolute atomic E-state index is 13.6. The molecule has 0 saturated carbocycles. The molecule has 1 aromatic rings. The molecule has 2 heterocycles. The highest BCUT2D eigenvalue weighted by atomic mass is 127. The molecule has 2 aliphatic heterocycles. The van der Waals surface area contributed by atoms with Crippen molar-refractivity contribution < 1.29 is 13.9 Å². The minimum absolute atomic E-state index is 0. The topological polar surface area (TPSA) is 60.1 Å². The maximum atomic E-state index is 13.6. The lowest BCUT2D eigenvalue weighted by atomic mass is 10.1. The van der Waals surface area contributed by atoms with E-state index in [0.717, 1.165) is 30.2 Å². The van der Waals surface area contributed by atoms with Crippen molar-refractivity contribution in [2.24, 2.45) is 10.7 Å². The Bertz CT molecular complexity index is 553. The van der Waals surface area contributed by atoms with E-state index in [2.05, 4.69) is 9.89 Å². The molecule has 0 aromatic heterocycles. The molecular weight excluding hydrogens is 420 g/mol. The van der Waals surface area contributed by atoms with E-state index in [-0.39, 0.29) is 36.6 Å². The van der Waals surface area contributed by atoms with Crippen LogP contribution in [0, 0.1) is 5.82 Å². The lowest BCUT2D eigenvalue weighted by molar-refractivity contribution is -0.0172. The van der Waals surface area contributed by atoms with Gasteiger partial charge in [-0.1, -0.05) is 0 Å². The highest BCUT2D eigenvalue weighted by Gasteiger charge is 2.17. The fourth-order valence-corrected chi connectivity index (χ4v) is 3.34. The van der Waals surface area contributed by atoms with Gasteiger partial charge < -0.3 is 20.1 Å². The van der Waals surface area contributed by atoms with Crippen LogP contribution >= 0.6 is 35.7 Å². The third-order valence-corrected chi connectivity index (χ3v) is 4.44. The maximum Gasteiger partial charge on any atom is 0.191 e. The molecule has 0 aliphatic carbocycles. The Balaban J connectivity index is 0.00000176. The van der Waals surface area contributed by atoms with Crippen molar-refractivity contribution in [2.45, 2.75) is 13.2 Å². The number of thioether (sulfide) groups is 1. The van der Waals surface area contributed by atoms with E-state index < -0.39 is 0 Å². The van der Waals surface area contributed by atoms with Crippen molar-refractivity contribution in [1.82, 2.24) is 4.90 Å². The summed E-state index contributed by atoms with van der Waals surface area (Å²) in [5.74, 6) is 3.01. The van der Waals surface area contributed by atoms with Crippen LogP contribution in [0.1, 0.15) is 11.1 Å². The Morgan fingerprint density at radius 2 is 2.14 bits per heavy atom. The Morgan fingerprint density at radius 1 is 1.36 bits per heavy atom. The second kappa shape index (κ2) is 8.21. The number of nitrogens with zero attached hydrogens (tertiary/aromatic N) is 2. The molecule has 0 spiro atoms. The van der Waals surface area contributed by atoms with Crippen molar-refractivity contribution in [3.05, 3.63) is 29.1 Å². The first kappa shape index (κ1) is 17.6. The van der Waals surface area contributed by atoms with E-state index in [0.29, 0.717) is 30.4 Å². The van der Waals surface area contributed by atoms with Gasteiger partial charge in [-0.05, 0) is 12.1 Å². The Labute approximate surface area is 150 Å². The van der Waals surface area contributed by atoms with Crippen LogP contribution in [-0.2, 0) is 17.9 Å². The molecule has 1 fully saturated rings. The van der Waals surface area contributed by atoms with Crippen LogP contribution in [0.2, 0.25) is 0 Å². The molecule has 1 saturated heterocycles. The van der Waals surface area contributed by atoms with E-state index in [1.165, 1.54) is 12.1 Å². The van der Waals surface area contributed by atoms with Gasteiger partial charge >= 0.3 is 0 Å². The van der Waals surface area contributed by atoms with Gasteiger partial charge in [0.2, 0.25) is 0 Å². The summed E-state index contributed by atoms with van der Waals surface area (Å²) in [5.41, 5.74) is 7.45. The van der Waals surface area contributed by atoms with Crippen molar-refractivity contribution in [3.63, 3.8) is 0 Å². The van der Waals surface area contributed by atoms with Crippen molar-refractivity contribution >= 4 is 41.7 Å². The van der Waals surface area contributed by atoms with Gasteiger partial charge in [0.15, 0.2) is 12.8 Å². The first-order chi connectivity index (χ1) is 10.2. The Hall–Kier alpha value is -0.740. The lowest BCUT2D eigenvalue weighted by Gasteiger charge is -2.27. The molecule has 8 heteroatoms. The summed E-state index contributed by atoms with van der Waals surface area (Å²) in [7, 11) is 0. The average Bonchev–Trinajstić information content (AvgIpc) is 2.53. The molecule has 0 radical (unpaired) electrons. The number of halogens is 2. The smallest absolute Gasteiger partial charge is 0.191 e. The monoisotopic (exact) mass is 439 g/mol. The number of ether oxygens (including phenoxy) is 2. The molecule has 2 aliphatic rings. The Kier molecular flexibility index (Phi) is 6.57. The van der Waals surface area contributed by atoms with E-state index in [9.17, 15) is 4.39 Å². The van der Waals surface area contributed by atoms with Crippen LogP contribution in [0.25, 0.3) is 0 Å².